The number of carbonyl (C=O) groups is 2. The van der Waals surface area contributed by atoms with Gasteiger partial charge in [-0.15, -0.1) is 0 Å². The van der Waals surface area contributed by atoms with Crippen LogP contribution in [0.15, 0.2) is 18.2 Å². The standard InChI is InChI=1S/C18H26ClN3O3/c1-4-25-11-14-6-5-9-22(14)18(24)21-13-7-8-16(19)15(10-13)17(23)20-12(2)3/h7-8,10,12,14H,4-6,9,11H2,1-3H3,(H,20,23)(H,21,24)/t14-/m1/s1. The van der Waals surface area contributed by atoms with Crippen molar-refractivity contribution in [1.29, 1.82) is 0 Å². The molecule has 138 valence electrons. The van der Waals surface area contributed by atoms with Crippen LogP contribution in [0.25, 0.3) is 0 Å². The minimum Gasteiger partial charge on any atom is -0.380 e. The van der Waals surface area contributed by atoms with Gasteiger partial charge in [0.05, 0.1) is 23.2 Å². The molecule has 1 atom stereocenters. The van der Waals surface area contributed by atoms with Crippen LogP contribution < -0.4 is 10.6 Å². The first-order chi connectivity index (χ1) is 11.9. The van der Waals surface area contributed by atoms with Gasteiger partial charge in [0.1, 0.15) is 0 Å². The maximum Gasteiger partial charge on any atom is 0.322 e. The lowest BCUT2D eigenvalue weighted by Crippen LogP contribution is -2.41. The molecule has 1 aromatic carbocycles. The van der Waals surface area contributed by atoms with Gasteiger partial charge in [-0.2, -0.15) is 0 Å². The smallest absolute Gasteiger partial charge is 0.322 e. The molecule has 6 nitrogen and oxygen atoms in total. The molecule has 0 saturated carbocycles. The Hall–Kier alpha value is -1.79. The number of amides is 3. The van der Waals surface area contributed by atoms with Crippen molar-refractivity contribution in [3.8, 4) is 0 Å². The molecular formula is C18H26ClN3O3. The fourth-order valence-corrected chi connectivity index (χ4v) is 3.05. The summed E-state index contributed by atoms with van der Waals surface area (Å²) in [6, 6.07) is 4.83. The Morgan fingerprint density at radius 2 is 2.16 bits per heavy atom. The van der Waals surface area contributed by atoms with Crippen LogP contribution in [0.4, 0.5) is 10.5 Å². The first-order valence-corrected chi connectivity index (χ1v) is 9.06. The quantitative estimate of drug-likeness (QED) is 0.808. The summed E-state index contributed by atoms with van der Waals surface area (Å²) in [6.45, 7) is 7.59. The summed E-state index contributed by atoms with van der Waals surface area (Å²) in [5, 5.41) is 6.01. The third kappa shape index (κ3) is 5.34. The third-order valence-electron chi connectivity index (χ3n) is 4.03. The monoisotopic (exact) mass is 367 g/mol. The number of likely N-dealkylation sites (tertiary alicyclic amines) is 1. The van der Waals surface area contributed by atoms with Gasteiger partial charge in [-0.3, -0.25) is 4.79 Å². The van der Waals surface area contributed by atoms with Crippen LogP contribution in [0.3, 0.4) is 0 Å². The number of hydrogen-bond donors (Lipinski definition) is 2. The molecule has 1 heterocycles. The highest BCUT2D eigenvalue weighted by Gasteiger charge is 2.29. The summed E-state index contributed by atoms with van der Waals surface area (Å²) < 4.78 is 5.46. The van der Waals surface area contributed by atoms with Crippen molar-refractivity contribution in [3.05, 3.63) is 28.8 Å². The molecule has 0 aromatic heterocycles. The van der Waals surface area contributed by atoms with Crippen LogP contribution in [0, 0.1) is 0 Å². The summed E-state index contributed by atoms with van der Waals surface area (Å²) >= 11 is 6.12. The SMILES string of the molecule is CCOC[C@H]1CCCN1C(=O)Nc1ccc(Cl)c(C(=O)NC(C)C)c1. The lowest BCUT2D eigenvalue weighted by Gasteiger charge is -2.25. The van der Waals surface area contributed by atoms with Crippen LogP contribution in [-0.2, 0) is 4.74 Å². The minimum absolute atomic E-state index is 0.00531. The summed E-state index contributed by atoms with van der Waals surface area (Å²) in [7, 11) is 0. The van der Waals surface area contributed by atoms with E-state index >= 15 is 0 Å². The van der Waals surface area contributed by atoms with Crippen molar-refractivity contribution in [3.63, 3.8) is 0 Å². The van der Waals surface area contributed by atoms with Gasteiger partial charge < -0.3 is 20.3 Å². The van der Waals surface area contributed by atoms with Crippen LogP contribution in [-0.4, -0.2) is 48.7 Å². The van der Waals surface area contributed by atoms with Crippen LogP contribution in [0.5, 0.6) is 0 Å². The molecular weight excluding hydrogens is 342 g/mol. The second kappa shape index (κ2) is 9.06. The van der Waals surface area contributed by atoms with E-state index < -0.39 is 0 Å². The Balaban J connectivity index is 2.06. The maximum absolute atomic E-state index is 12.6. The number of ether oxygens (including phenoxy) is 1. The highest BCUT2D eigenvalue weighted by molar-refractivity contribution is 6.34. The number of hydrogen-bond acceptors (Lipinski definition) is 3. The first kappa shape index (κ1) is 19.5. The number of nitrogens with zero attached hydrogens (tertiary/aromatic N) is 1. The van der Waals surface area contributed by atoms with Crippen LogP contribution >= 0.6 is 11.6 Å². The zero-order valence-corrected chi connectivity index (χ0v) is 15.7. The van der Waals surface area contributed by atoms with Gasteiger partial charge >= 0.3 is 6.03 Å². The second-order valence-corrected chi connectivity index (χ2v) is 6.81. The van der Waals surface area contributed by atoms with E-state index in [2.05, 4.69) is 10.6 Å². The molecule has 25 heavy (non-hydrogen) atoms. The molecule has 0 aliphatic carbocycles. The fourth-order valence-electron chi connectivity index (χ4n) is 2.84. The van der Waals surface area contributed by atoms with E-state index in [9.17, 15) is 9.59 Å². The Morgan fingerprint density at radius 1 is 1.40 bits per heavy atom. The van der Waals surface area contributed by atoms with Crippen molar-refractivity contribution >= 4 is 29.2 Å². The number of benzene rings is 1. The van der Waals surface area contributed by atoms with Gasteiger partial charge in [-0.1, -0.05) is 11.6 Å². The number of carbonyl (C=O) groups excluding carboxylic acids is 2. The van der Waals surface area contributed by atoms with Crippen molar-refractivity contribution < 1.29 is 14.3 Å². The average Bonchev–Trinajstić information content (AvgIpc) is 3.02. The van der Waals surface area contributed by atoms with E-state index in [4.69, 9.17) is 16.3 Å². The van der Waals surface area contributed by atoms with Gasteiger partial charge in [0, 0.05) is 24.9 Å². The Kier molecular flexibility index (Phi) is 7.08. The van der Waals surface area contributed by atoms with E-state index in [0.717, 1.165) is 12.8 Å². The van der Waals surface area contributed by atoms with Crippen molar-refractivity contribution in [1.82, 2.24) is 10.2 Å². The minimum atomic E-state index is -0.258. The third-order valence-corrected chi connectivity index (χ3v) is 4.36. The number of halogens is 1. The Labute approximate surface area is 153 Å². The molecule has 1 saturated heterocycles. The van der Waals surface area contributed by atoms with Crippen molar-refractivity contribution in [2.75, 3.05) is 25.1 Å². The number of rotatable bonds is 6. The molecule has 7 heteroatoms. The summed E-state index contributed by atoms with van der Waals surface area (Å²) in [5.41, 5.74) is 0.894. The summed E-state index contributed by atoms with van der Waals surface area (Å²) in [5.74, 6) is -0.258. The fraction of sp³-hybridized carbons (Fsp3) is 0.556. The zero-order valence-electron chi connectivity index (χ0n) is 15.0. The maximum atomic E-state index is 12.6. The average molecular weight is 368 g/mol. The molecule has 0 spiro atoms. The van der Waals surface area contributed by atoms with E-state index in [-0.39, 0.29) is 24.0 Å². The highest BCUT2D eigenvalue weighted by atomic mass is 35.5. The van der Waals surface area contributed by atoms with E-state index in [1.54, 1.807) is 23.1 Å². The van der Waals surface area contributed by atoms with Gasteiger partial charge in [-0.05, 0) is 51.8 Å². The van der Waals surface area contributed by atoms with E-state index in [0.29, 0.717) is 36.0 Å². The number of urea groups is 1. The molecule has 2 rings (SSSR count). The van der Waals surface area contributed by atoms with Gasteiger partial charge in [0.15, 0.2) is 0 Å². The number of nitrogens with one attached hydrogen (secondary N) is 2. The van der Waals surface area contributed by atoms with Gasteiger partial charge in [0.25, 0.3) is 5.91 Å². The largest absolute Gasteiger partial charge is 0.380 e. The van der Waals surface area contributed by atoms with Crippen LogP contribution in [0.2, 0.25) is 5.02 Å². The molecule has 0 radical (unpaired) electrons. The highest BCUT2D eigenvalue weighted by Crippen LogP contribution is 2.23. The van der Waals surface area contributed by atoms with E-state index in [1.807, 2.05) is 20.8 Å². The van der Waals surface area contributed by atoms with Crippen LogP contribution in [0.1, 0.15) is 44.0 Å². The normalized spacial score (nSPS) is 17.0. The lowest BCUT2D eigenvalue weighted by atomic mass is 10.1. The summed E-state index contributed by atoms with van der Waals surface area (Å²) in [4.78, 5) is 26.6. The predicted molar refractivity (Wildman–Crippen MR) is 99.3 cm³/mol. The molecule has 1 aliphatic heterocycles. The molecule has 2 N–H and O–H groups in total. The lowest BCUT2D eigenvalue weighted by molar-refractivity contribution is 0.0943. The molecule has 1 fully saturated rings. The molecule has 3 amide bonds. The molecule has 0 bridgehead atoms. The van der Waals surface area contributed by atoms with E-state index in [1.165, 1.54) is 0 Å². The molecule has 1 aromatic rings. The second-order valence-electron chi connectivity index (χ2n) is 6.40. The van der Waals surface area contributed by atoms with Crippen molar-refractivity contribution in [2.24, 2.45) is 0 Å². The topological polar surface area (TPSA) is 70.7 Å². The Morgan fingerprint density at radius 3 is 2.84 bits per heavy atom. The van der Waals surface area contributed by atoms with Gasteiger partial charge in [-0.25, -0.2) is 4.79 Å². The Bertz CT molecular complexity index is 622. The molecule has 1 aliphatic rings. The van der Waals surface area contributed by atoms with Gasteiger partial charge in [0.2, 0.25) is 0 Å². The number of anilines is 1. The molecule has 0 unspecified atom stereocenters. The zero-order chi connectivity index (χ0) is 18.4. The first-order valence-electron chi connectivity index (χ1n) is 8.68. The van der Waals surface area contributed by atoms with Crippen molar-refractivity contribution in [2.45, 2.75) is 45.7 Å². The summed E-state index contributed by atoms with van der Waals surface area (Å²) in [6.07, 6.45) is 1.91. The predicted octanol–water partition coefficient (Wildman–Crippen LogP) is 3.51.